The number of carbonyl (C=O) groups is 1. The summed E-state index contributed by atoms with van der Waals surface area (Å²) in [5.74, 6) is -0.154. The number of thiazole rings is 1. The van der Waals surface area contributed by atoms with Gasteiger partial charge in [-0.05, 0) is 49.1 Å². The second-order valence-electron chi connectivity index (χ2n) is 9.46. The third kappa shape index (κ3) is 5.51. The third-order valence-electron chi connectivity index (χ3n) is 6.97. The normalized spacial score (nSPS) is 17.5. The zero-order valence-corrected chi connectivity index (χ0v) is 22.4. The monoisotopic (exact) mass is 542 g/mol. The number of amides is 1. The van der Waals surface area contributed by atoms with Crippen LogP contribution < -0.4 is 5.32 Å². The molecule has 0 saturated carbocycles. The number of nitriles is 1. The minimum Gasteiger partial charge on any atom is -0.379 e. The molecule has 10 heteroatoms. The number of aromatic nitrogens is 3. The quantitative estimate of drug-likeness (QED) is 0.381. The van der Waals surface area contributed by atoms with Crippen LogP contribution in [0.3, 0.4) is 0 Å². The lowest BCUT2D eigenvalue weighted by molar-refractivity contribution is 0.0139. The van der Waals surface area contributed by atoms with Gasteiger partial charge in [0.05, 0.1) is 30.5 Å². The second-order valence-corrected chi connectivity index (χ2v) is 11.6. The molecule has 2 aromatic heterocycles. The summed E-state index contributed by atoms with van der Waals surface area (Å²) < 4.78 is 5.50. The van der Waals surface area contributed by atoms with Crippen LogP contribution in [0.2, 0.25) is 0 Å². The fourth-order valence-corrected chi connectivity index (χ4v) is 6.91. The lowest BCUT2D eigenvalue weighted by Crippen LogP contribution is -2.45. The average Bonchev–Trinajstić information content (AvgIpc) is 3.60. The Hall–Kier alpha value is -3.49. The van der Waals surface area contributed by atoms with E-state index in [0.29, 0.717) is 28.7 Å². The van der Waals surface area contributed by atoms with E-state index < -0.39 is 0 Å². The molecule has 8 nitrogen and oxygen atoms in total. The van der Waals surface area contributed by atoms with Gasteiger partial charge in [-0.3, -0.25) is 15.0 Å². The number of nitrogens with zero attached hydrogens (tertiary/aromatic N) is 5. The molecular weight excluding hydrogens is 516 g/mol. The molecule has 1 aliphatic carbocycles. The van der Waals surface area contributed by atoms with Crippen molar-refractivity contribution in [3.8, 4) is 16.6 Å². The number of rotatable bonds is 6. The standard InChI is InChI=1S/C28H26N6O2S2/c29-17-18-4-6-20(7-5-18)27-33-32-25(38-27)15-19-2-1-3-21(14-19)26(35)31-28-30-23-9-8-22(16-24(23)37-28)34-10-12-36-13-11-34/h1-7,14,22H,8-13,15-16H2,(H,30,31,35). The van der Waals surface area contributed by atoms with E-state index in [0.717, 1.165) is 72.4 Å². The Labute approximate surface area is 228 Å². The molecule has 192 valence electrons. The summed E-state index contributed by atoms with van der Waals surface area (Å²) in [5.41, 5.74) is 4.26. The highest BCUT2D eigenvalue weighted by Crippen LogP contribution is 2.32. The molecule has 0 bridgehead atoms. The van der Waals surface area contributed by atoms with Gasteiger partial charge in [-0.1, -0.05) is 35.6 Å². The smallest absolute Gasteiger partial charge is 0.257 e. The van der Waals surface area contributed by atoms with E-state index in [1.165, 1.54) is 16.2 Å². The van der Waals surface area contributed by atoms with Crippen molar-refractivity contribution in [3.05, 3.63) is 80.8 Å². The summed E-state index contributed by atoms with van der Waals surface area (Å²) in [6.07, 6.45) is 3.63. The molecule has 0 radical (unpaired) electrons. The van der Waals surface area contributed by atoms with Gasteiger partial charge in [0.25, 0.3) is 5.91 Å². The Morgan fingerprint density at radius 3 is 2.79 bits per heavy atom. The highest BCUT2D eigenvalue weighted by molar-refractivity contribution is 7.16. The van der Waals surface area contributed by atoms with E-state index in [4.69, 9.17) is 15.0 Å². The number of morpholine rings is 1. The zero-order chi connectivity index (χ0) is 25.9. The van der Waals surface area contributed by atoms with E-state index in [1.807, 2.05) is 36.4 Å². The molecule has 1 atom stereocenters. The predicted octanol–water partition coefficient (Wildman–Crippen LogP) is 4.57. The number of carbonyl (C=O) groups excluding carboxylic acids is 1. The maximum atomic E-state index is 13.1. The summed E-state index contributed by atoms with van der Waals surface area (Å²) in [6.45, 7) is 3.60. The SMILES string of the molecule is N#Cc1ccc(-c2nnc(Cc3cccc(C(=O)Nc4nc5c(s4)CC(N4CCOCC4)CC5)c3)s2)cc1. The number of aryl methyl sites for hydroxylation is 1. The molecular formula is C28H26N6O2S2. The second kappa shape index (κ2) is 11.1. The van der Waals surface area contributed by atoms with Crippen LogP contribution in [0.25, 0.3) is 10.6 Å². The number of anilines is 1. The highest BCUT2D eigenvalue weighted by Gasteiger charge is 2.28. The largest absolute Gasteiger partial charge is 0.379 e. The lowest BCUT2D eigenvalue weighted by atomic mass is 9.96. The molecule has 3 heterocycles. The van der Waals surface area contributed by atoms with Crippen LogP contribution in [0.15, 0.2) is 48.5 Å². The van der Waals surface area contributed by atoms with E-state index in [1.54, 1.807) is 23.5 Å². The van der Waals surface area contributed by atoms with Crippen LogP contribution in [0, 0.1) is 11.3 Å². The van der Waals surface area contributed by atoms with Crippen LogP contribution in [0.1, 0.15) is 43.5 Å². The van der Waals surface area contributed by atoms with E-state index in [2.05, 4.69) is 26.5 Å². The number of nitrogens with one attached hydrogen (secondary N) is 1. The number of benzene rings is 2. The van der Waals surface area contributed by atoms with Crippen molar-refractivity contribution in [1.82, 2.24) is 20.1 Å². The third-order valence-corrected chi connectivity index (χ3v) is 8.98. The van der Waals surface area contributed by atoms with E-state index in [9.17, 15) is 4.79 Å². The molecule has 38 heavy (non-hydrogen) atoms. The number of ether oxygens (including phenoxy) is 1. The molecule has 1 aliphatic heterocycles. The Morgan fingerprint density at radius 2 is 1.97 bits per heavy atom. The van der Waals surface area contributed by atoms with Crippen molar-refractivity contribution < 1.29 is 9.53 Å². The van der Waals surface area contributed by atoms with Gasteiger partial charge >= 0.3 is 0 Å². The highest BCUT2D eigenvalue weighted by atomic mass is 32.1. The van der Waals surface area contributed by atoms with Gasteiger partial charge in [-0.2, -0.15) is 5.26 Å². The van der Waals surface area contributed by atoms with Gasteiger partial charge in [0.15, 0.2) is 5.13 Å². The van der Waals surface area contributed by atoms with Crippen LogP contribution >= 0.6 is 22.7 Å². The van der Waals surface area contributed by atoms with Crippen LogP contribution in [0.5, 0.6) is 0 Å². The Morgan fingerprint density at radius 1 is 1.13 bits per heavy atom. The number of hydrogen-bond donors (Lipinski definition) is 1. The molecule has 6 rings (SSSR count). The summed E-state index contributed by atoms with van der Waals surface area (Å²) >= 11 is 3.11. The van der Waals surface area contributed by atoms with Crippen molar-refractivity contribution in [2.24, 2.45) is 0 Å². The Kier molecular flexibility index (Phi) is 7.25. The molecule has 2 aromatic carbocycles. The maximum Gasteiger partial charge on any atom is 0.257 e. The first-order valence-corrected chi connectivity index (χ1v) is 14.3. The molecule has 2 aliphatic rings. The van der Waals surface area contributed by atoms with Gasteiger partial charge in [0.2, 0.25) is 0 Å². The number of hydrogen-bond acceptors (Lipinski definition) is 9. The van der Waals surface area contributed by atoms with Gasteiger partial charge in [0, 0.05) is 41.6 Å². The summed E-state index contributed by atoms with van der Waals surface area (Å²) in [5, 5.41) is 23.0. The molecule has 1 unspecified atom stereocenters. The van der Waals surface area contributed by atoms with Crippen LogP contribution in [-0.2, 0) is 24.0 Å². The predicted molar refractivity (Wildman–Crippen MR) is 148 cm³/mol. The molecule has 0 spiro atoms. The Balaban J connectivity index is 1.10. The lowest BCUT2D eigenvalue weighted by Gasteiger charge is -2.36. The van der Waals surface area contributed by atoms with E-state index >= 15 is 0 Å². The van der Waals surface area contributed by atoms with Gasteiger partial charge in [-0.25, -0.2) is 4.98 Å². The topological polar surface area (TPSA) is 104 Å². The minimum absolute atomic E-state index is 0.154. The average molecular weight is 543 g/mol. The van der Waals surface area contributed by atoms with Crippen molar-refractivity contribution in [2.75, 3.05) is 31.6 Å². The molecule has 1 amide bonds. The van der Waals surface area contributed by atoms with Crippen LogP contribution in [-0.4, -0.2) is 58.3 Å². The van der Waals surface area contributed by atoms with Gasteiger partial charge in [-0.15, -0.1) is 21.5 Å². The van der Waals surface area contributed by atoms with Crippen molar-refractivity contribution in [2.45, 2.75) is 31.7 Å². The van der Waals surface area contributed by atoms with Gasteiger partial charge < -0.3 is 4.74 Å². The van der Waals surface area contributed by atoms with Crippen molar-refractivity contribution in [3.63, 3.8) is 0 Å². The molecule has 1 N–H and O–H groups in total. The van der Waals surface area contributed by atoms with Crippen molar-refractivity contribution >= 4 is 33.7 Å². The zero-order valence-electron chi connectivity index (χ0n) is 20.7. The molecule has 1 saturated heterocycles. The fourth-order valence-electron chi connectivity index (χ4n) is 4.96. The molecule has 1 fully saturated rings. The summed E-state index contributed by atoms with van der Waals surface area (Å²) in [4.78, 5) is 21.6. The van der Waals surface area contributed by atoms with Gasteiger partial charge in [0.1, 0.15) is 10.0 Å². The first-order valence-electron chi connectivity index (χ1n) is 12.7. The summed E-state index contributed by atoms with van der Waals surface area (Å²) in [6, 6.07) is 17.6. The van der Waals surface area contributed by atoms with E-state index in [-0.39, 0.29) is 5.91 Å². The summed E-state index contributed by atoms with van der Waals surface area (Å²) in [7, 11) is 0. The molecule has 4 aromatic rings. The first kappa shape index (κ1) is 24.8. The van der Waals surface area contributed by atoms with Crippen LogP contribution in [0.4, 0.5) is 5.13 Å². The first-order chi connectivity index (χ1) is 18.6. The fraction of sp³-hybridized carbons (Fsp3) is 0.321. The minimum atomic E-state index is -0.154. The van der Waals surface area contributed by atoms with Crippen molar-refractivity contribution in [1.29, 1.82) is 5.26 Å². The maximum absolute atomic E-state index is 13.1. The Bertz CT molecular complexity index is 1480. The number of fused-ring (bicyclic) bond motifs is 1.